The van der Waals surface area contributed by atoms with Gasteiger partial charge in [-0.25, -0.2) is 22.2 Å². The molecule has 1 saturated heterocycles. The van der Waals surface area contributed by atoms with Crippen molar-refractivity contribution in [1.29, 1.82) is 0 Å². The highest BCUT2D eigenvalue weighted by Crippen LogP contribution is 2.23. The van der Waals surface area contributed by atoms with Crippen LogP contribution in [0, 0.1) is 18.6 Å². The summed E-state index contributed by atoms with van der Waals surface area (Å²) >= 11 is 0. The van der Waals surface area contributed by atoms with E-state index in [2.05, 4.69) is 4.98 Å². The zero-order chi connectivity index (χ0) is 19.9. The molecule has 9 heteroatoms. The molecule has 0 saturated carbocycles. The molecule has 1 aliphatic heterocycles. The molecule has 0 atom stereocenters. The molecule has 3 aromatic rings. The molecule has 0 unspecified atom stereocenters. The van der Waals surface area contributed by atoms with Gasteiger partial charge in [0.05, 0.1) is 6.54 Å². The molecule has 0 N–H and O–H groups in total. The van der Waals surface area contributed by atoms with E-state index in [0.29, 0.717) is 31.1 Å². The SMILES string of the molecule is Cc1ccc2oc(CN3CCN(S(=O)(=O)c4cc(F)ccc4F)CC3)nc2c1. The summed E-state index contributed by atoms with van der Waals surface area (Å²) in [7, 11) is -4.08. The van der Waals surface area contributed by atoms with Gasteiger partial charge in [-0.1, -0.05) is 6.07 Å². The molecular weight excluding hydrogens is 388 g/mol. The second-order valence-electron chi connectivity index (χ2n) is 6.83. The Bertz CT molecular complexity index is 1120. The molecule has 0 bridgehead atoms. The summed E-state index contributed by atoms with van der Waals surface area (Å²) in [5.41, 5.74) is 2.59. The van der Waals surface area contributed by atoms with Crippen molar-refractivity contribution in [3.05, 3.63) is 59.5 Å². The number of halogens is 2. The van der Waals surface area contributed by atoms with Crippen LogP contribution >= 0.6 is 0 Å². The first-order valence-electron chi connectivity index (χ1n) is 8.86. The van der Waals surface area contributed by atoms with Crippen LogP contribution in [0.25, 0.3) is 11.1 Å². The van der Waals surface area contributed by atoms with Crippen LogP contribution in [-0.2, 0) is 16.6 Å². The van der Waals surface area contributed by atoms with Crippen molar-refractivity contribution in [2.24, 2.45) is 0 Å². The Balaban J connectivity index is 1.44. The van der Waals surface area contributed by atoms with Gasteiger partial charge in [-0.3, -0.25) is 4.90 Å². The largest absolute Gasteiger partial charge is 0.439 e. The number of oxazole rings is 1. The van der Waals surface area contributed by atoms with Gasteiger partial charge in [0.15, 0.2) is 5.58 Å². The summed E-state index contributed by atoms with van der Waals surface area (Å²) < 4.78 is 59.5. The van der Waals surface area contributed by atoms with Crippen molar-refractivity contribution in [1.82, 2.24) is 14.2 Å². The summed E-state index contributed by atoms with van der Waals surface area (Å²) in [5, 5.41) is 0. The van der Waals surface area contributed by atoms with Crippen molar-refractivity contribution < 1.29 is 21.6 Å². The lowest BCUT2D eigenvalue weighted by Crippen LogP contribution is -2.48. The lowest BCUT2D eigenvalue weighted by molar-refractivity contribution is 0.169. The average Bonchev–Trinajstić information content (AvgIpc) is 3.05. The number of aryl methyl sites for hydroxylation is 1. The third-order valence-electron chi connectivity index (χ3n) is 4.79. The number of hydrogen-bond donors (Lipinski definition) is 0. The minimum absolute atomic E-state index is 0.178. The number of nitrogens with zero attached hydrogens (tertiary/aromatic N) is 3. The lowest BCUT2D eigenvalue weighted by atomic mass is 10.2. The molecule has 2 aromatic carbocycles. The first-order chi connectivity index (χ1) is 13.3. The van der Waals surface area contributed by atoms with E-state index in [1.807, 2.05) is 30.0 Å². The number of benzene rings is 2. The minimum atomic E-state index is -4.08. The van der Waals surface area contributed by atoms with Crippen molar-refractivity contribution in [2.45, 2.75) is 18.4 Å². The van der Waals surface area contributed by atoms with E-state index in [1.165, 1.54) is 4.31 Å². The van der Waals surface area contributed by atoms with E-state index >= 15 is 0 Å². The van der Waals surface area contributed by atoms with Crippen LogP contribution in [0.15, 0.2) is 45.7 Å². The quantitative estimate of drug-likeness (QED) is 0.665. The number of aromatic nitrogens is 1. The van der Waals surface area contributed by atoms with Gasteiger partial charge in [-0.15, -0.1) is 0 Å². The number of rotatable bonds is 4. The van der Waals surface area contributed by atoms with Gasteiger partial charge in [0.25, 0.3) is 0 Å². The molecule has 2 heterocycles. The van der Waals surface area contributed by atoms with Gasteiger partial charge in [-0.2, -0.15) is 4.31 Å². The van der Waals surface area contributed by atoms with Gasteiger partial charge < -0.3 is 4.42 Å². The maximum atomic E-state index is 13.9. The molecule has 1 aliphatic rings. The fraction of sp³-hybridized carbons (Fsp3) is 0.316. The maximum absolute atomic E-state index is 13.9. The molecule has 1 aromatic heterocycles. The van der Waals surface area contributed by atoms with E-state index in [4.69, 9.17) is 4.42 Å². The van der Waals surface area contributed by atoms with Crippen molar-refractivity contribution in [2.75, 3.05) is 26.2 Å². The standard InChI is InChI=1S/C19H19F2N3O3S/c1-13-2-5-17-16(10-13)22-19(27-17)12-23-6-8-24(9-7-23)28(25,26)18-11-14(20)3-4-15(18)21/h2-5,10-11H,6-9,12H2,1H3. The summed E-state index contributed by atoms with van der Waals surface area (Å²) in [5.74, 6) is -1.18. The van der Waals surface area contributed by atoms with Crippen molar-refractivity contribution >= 4 is 21.1 Å². The van der Waals surface area contributed by atoms with Crippen LogP contribution < -0.4 is 0 Å². The van der Waals surface area contributed by atoms with Gasteiger partial charge in [-0.05, 0) is 42.8 Å². The van der Waals surface area contributed by atoms with Gasteiger partial charge in [0.2, 0.25) is 15.9 Å². The first kappa shape index (κ1) is 19.0. The third kappa shape index (κ3) is 3.65. The normalized spacial score (nSPS) is 16.7. The Kier molecular flexibility index (Phi) is 4.90. The summed E-state index contributed by atoms with van der Waals surface area (Å²) in [6.45, 7) is 3.67. The molecule has 0 radical (unpaired) electrons. The second-order valence-corrected chi connectivity index (χ2v) is 8.74. The van der Waals surface area contributed by atoms with Crippen LogP contribution in [-0.4, -0.2) is 48.8 Å². The predicted molar refractivity (Wildman–Crippen MR) is 99.1 cm³/mol. The van der Waals surface area contributed by atoms with Crippen LogP contribution in [0.1, 0.15) is 11.5 Å². The summed E-state index contributed by atoms with van der Waals surface area (Å²) in [6.07, 6.45) is 0. The molecule has 28 heavy (non-hydrogen) atoms. The first-order valence-corrected chi connectivity index (χ1v) is 10.3. The fourth-order valence-corrected chi connectivity index (χ4v) is 4.78. The van der Waals surface area contributed by atoms with Crippen molar-refractivity contribution in [3.63, 3.8) is 0 Å². The topological polar surface area (TPSA) is 66.7 Å². The molecule has 4 rings (SSSR count). The molecule has 0 aliphatic carbocycles. The van der Waals surface area contributed by atoms with E-state index in [-0.39, 0.29) is 13.1 Å². The van der Waals surface area contributed by atoms with E-state index in [9.17, 15) is 17.2 Å². The van der Waals surface area contributed by atoms with Gasteiger partial charge >= 0.3 is 0 Å². The highest BCUT2D eigenvalue weighted by Gasteiger charge is 2.31. The second kappa shape index (κ2) is 7.23. The zero-order valence-corrected chi connectivity index (χ0v) is 16.0. The van der Waals surface area contributed by atoms with Crippen LogP contribution in [0.4, 0.5) is 8.78 Å². The molecule has 6 nitrogen and oxygen atoms in total. The third-order valence-corrected chi connectivity index (χ3v) is 6.70. The number of sulfonamides is 1. The Labute approximate surface area is 161 Å². The Morgan fingerprint density at radius 3 is 2.57 bits per heavy atom. The van der Waals surface area contributed by atoms with E-state index in [1.54, 1.807) is 0 Å². The van der Waals surface area contributed by atoms with E-state index < -0.39 is 26.6 Å². The predicted octanol–water partition coefficient (Wildman–Crippen LogP) is 2.92. The van der Waals surface area contributed by atoms with E-state index in [0.717, 1.165) is 29.3 Å². The van der Waals surface area contributed by atoms with Crippen LogP contribution in [0.2, 0.25) is 0 Å². The van der Waals surface area contributed by atoms with Crippen molar-refractivity contribution in [3.8, 4) is 0 Å². The molecule has 0 spiro atoms. The summed E-state index contributed by atoms with van der Waals surface area (Å²) in [4.78, 5) is 5.86. The maximum Gasteiger partial charge on any atom is 0.246 e. The molecule has 0 amide bonds. The molecular formula is C19H19F2N3O3S. The fourth-order valence-electron chi connectivity index (χ4n) is 3.29. The lowest BCUT2D eigenvalue weighted by Gasteiger charge is -2.33. The highest BCUT2D eigenvalue weighted by atomic mass is 32.2. The molecule has 1 fully saturated rings. The van der Waals surface area contributed by atoms with Crippen LogP contribution in [0.5, 0.6) is 0 Å². The Morgan fingerprint density at radius 2 is 1.82 bits per heavy atom. The highest BCUT2D eigenvalue weighted by molar-refractivity contribution is 7.89. The number of piperazine rings is 1. The van der Waals surface area contributed by atoms with Gasteiger partial charge in [0, 0.05) is 26.2 Å². The van der Waals surface area contributed by atoms with Crippen LogP contribution in [0.3, 0.4) is 0 Å². The minimum Gasteiger partial charge on any atom is -0.439 e. The monoisotopic (exact) mass is 407 g/mol. The zero-order valence-electron chi connectivity index (χ0n) is 15.2. The molecule has 148 valence electrons. The number of hydrogen-bond acceptors (Lipinski definition) is 5. The smallest absolute Gasteiger partial charge is 0.246 e. The number of fused-ring (bicyclic) bond motifs is 1. The summed E-state index contributed by atoms with van der Waals surface area (Å²) in [6, 6.07) is 8.21. The Morgan fingerprint density at radius 1 is 1.07 bits per heavy atom. The Hall–Kier alpha value is -2.36. The van der Waals surface area contributed by atoms with Gasteiger partial charge in [0.1, 0.15) is 22.0 Å². The average molecular weight is 407 g/mol.